The smallest absolute Gasteiger partial charge is 0.230 e. The zero-order valence-corrected chi connectivity index (χ0v) is 34.9. The van der Waals surface area contributed by atoms with Crippen LogP contribution in [0.5, 0.6) is 0 Å². The Morgan fingerprint density at radius 2 is 1.12 bits per heavy atom. The van der Waals surface area contributed by atoms with Crippen LogP contribution in [0.3, 0.4) is 0 Å². The minimum Gasteiger partial charge on any atom is -0.354 e. The Morgan fingerprint density at radius 1 is 0.620 bits per heavy atom. The van der Waals surface area contributed by atoms with E-state index in [2.05, 4.69) is 102 Å². The first-order valence-corrected chi connectivity index (χ1v) is 21.2. The van der Waals surface area contributed by atoms with Crippen LogP contribution in [-0.2, 0) is 0 Å². The van der Waals surface area contributed by atoms with Crippen molar-refractivity contribution >= 4 is 11.9 Å². The Labute approximate surface area is 309 Å². The standard InChI is InChI=1S/C42H82N8/c1-12-15-18-20-22-24-26-35(44-33-29-39(4,5)48-40(6,7)30-33)36-45-37(43-27-17-14-3)47-38(46-36)50(28-25-23-21-19-16-13-2)34-31-41(8,9)49-42(10,11)32-34/h33-35,44,48-49H,12-32H2,1-11H3,(H,43,45,46,47). The number of nitrogens with one attached hydrogen (secondary N) is 4. The molecule has 0 aliphatic carbocycles. The van der Waals surface area contributed by atoms with Crippen LogP contribution in [0.1, 0.15) is 210 Å². The Morgan fingerprint density at radius 3 is 1.68 bits per heavy atom. The molecule has 2 aliphatic rings. The third-order valence-electron chi connectivity index (χ3n) is 10.9. The lowest BCUT2D eigenvalue weighted by Crippen LogP contribution is -2.62. The largest absolute Gasteiger partial charge is 0.354 e. The number of nitrogens with zero attached hydrogens (tertiary/aromatic N) is 4. The van der Waals surface area contributed by atoms with Gasteiger partial charge in [0.2, 0.25) is 11.9 Å². The van der Waals surface area contributed by atoms with Crippen LogP contribution >= 0.6 is 0 Å². The summed E-state index contributed by atoms with van der Waals surface area (Å²) in [5.41, 5.74) is 0.230. The van der Waals surface area contributed by atoms with Crippen LogP contribution in [0.25, 0.3) is 0 Å². The maximum atomic E-state index is 5.49. The maximum absolute atomic E-state index is 5.49. The van der Waals surface area contributed by atoms with Crippen LogP contribution in [0.15, 0.2) is 0 Å². The molecule has 0 aromatic carbocycles. The van der Waals surface area contributed by atoms with Gasteiger partial charge in [0, 0.05) is 47.3 Å². The minimum atomic E-state index is 0.0420. The van der Waals surface area contributed by atoms with Crippen molar-refractivity contribution in [2.75, 3.05) is 23.3 Å². The number of anilines is 2. The fraction of sp³-hybridized carbons (Fsp3) is 0.929. The first-order chi connectivity index (χ1) is 23.6. The molecule has 0 bridgehead atoms. The highest BCUT2D eigenvalue weighted by Crippen LogP contribution is 2.35. The number of rotatable bonds is 23. The highest BCUT2D eigenvalue weighted by molar-refractivity contribution is 5.39. The van der Waals surface area contributed by atoms with Crippen molar-refractivity contribution in [2.24, 2.45) is 0 Å². The number of hydrogen-bond acceptors (Lipinski definition) is 8. The predicted molar refractivity (Wildman–Crippen MR) is 216 cm³/mol. The summed E-state index contributed by atoms with van der Waals surface area (Å²) in [5.74, 6) is 2.55. The second kappa shape index (κ2) is 20.1. The van der Waals surface area contributed by atoms with Gasteiger partial charge in [-0.1, -0.05) is 97.8 Å². The van der Waals surface area contributed by atoms with Crippen molar-refractivity contribution < 1.29 is 0 Å². The molecule has 290 valence electrons. The summed E-state index contributed by atoms with van der Waals surface area (Å²) in [7, 11) is 0. The Bertz CT molecular complexity index is 1070. The zero-order valence-electron chi connectivity index (χ0n) is 34.9. The molecular formula is C42H82N8. The quantitative estimate of drug-likeness (QED) is 0.0840. The van der Waals surface area contributed by atoms with E-state index in [-0.39, 0.29) is 28.2 Å². The summed E-state index contributed by atoms with van der Waals surface area (Å²) >= 11 is 0. The fourth-order valence-electron chi connectivity index (χ4n) is 9.26. The number of piperidine rings is 2. The predicted octanol–water partition coefficient (Wildman–Crippen LogP) is 10.3. The summed E-state index contributed by atoms with van der Waals surface area (Å²) < 4.78 is 0. The highest BCUT2D eigenvalue weighted by Gasteiger charge is 2.42. The van der Waals surface area contributed by atoms with E-state index in [0.29, 0.717) is 12.1 Å². The van der Waals surface area contributed by atoms with Gasteiger partial charge in [-0.25, -0.2) is 0 Å². The summed E-state index contributed by atoms with van der Waals surface area (Å²) in [5, 5.41) is 15.6. The lowest BCUT2D eigenvalue weighted by Gasteiger charge is -2.49. The van der Waals surface area contributed by atoms with Gasteiger partial charge in [-0.05, 0) is 100 Å². The Balaban J connectivity index is 2.01. The van der Waals surface area contributed by atoms with Crippen molar-refractivity contribution in [2.45, 2.75) is 238 Å². The maximum Gasteiger partial charge on any atom is 0.230 e. The topological polar surface area (TPSA) is 90.0 Å². The van der Waals surface area contributed by atoms with E-state index in [0.717, 1.165) is 75.8 Å². The second-order valence-corrected chi connectivity index (χ2v) is 18.8. The Hall–Kier alpha value is -1.51. The molecule has 0 saturated carbocycles. The average molecular weight is 699 g/mol. The Kier molecular flexibility index (Phi) is 17.2. The van der Waals surface area contributed by atoms with Gasteiger partial charge >= 0.3 is 0 Å². The minimum absolute atomic E-state index is 0.0420. The van der Waals surface area contributed by atoms with Crippen molar-refractivity contribution in [3.63, 3.8) is 0 Å². The SMILES string of the molecule is CCCCCCCCC(NC1CC(C)(C)NC(C)(C)C1)c1nc(NCCCC)nc(N(CCCCCCCC)C2CC(C)(C)NC(C)(C)C2)n1. The molecule has 1 aromatic heterocycles. The molecule has 1 atom stereocenters. The molecule has 0 spiro atoms. The van der Waals surface area contributed by atoms with Gasteiger partial charge in [0.15, 0.2) is 5.82 Å². The van der Waals surface area contributed by atoms with Crippen molar-refractivity contribution in [3.05, 3.63) is 5.82 Å². The monoisotopic (exact) mass is 699 g/mol. The number of unbranched alkanes of at least 4 members (excludes halogenated alkanes) is 11. The lowest BCUT2D eigenvalue weighted by molar-refractivity contribution is 0.137. The van der Waals surface area contributed by atoms with Crippen molar-refractivity contribution in [3.8, 4) is 0 Å². The molecule has 0 amide bonds. The van der Waals surface area contributed by atoms with Gasteiger partial charge < -0.3 is 26.2 Å². The zero-order chi connectivity index (χ0) is 36.8. The lowest BCUT2D eigenvalue weighted by atomic mass is 9.79. The van der Waals surface area contributed by atoms with Gasteiger partial charge in [-0.3, -0.25) is 0 Å². The molecule has 2 saturated heterocycles. The molecule has 8 heteroatoms. The molecule has 4 N–H and O–H groups in total. The molecule has 2 fully saturated rings. The molecule has 1 aromatic rings. The van der Waals surface area contributed by atoms with E-state index in [1.807, 2.05) is 0 Å². The molecule has 3 rings (SSSR count). The van der Waals surface area contributed by atoms with E-state index < -0.39 is 0 Å². The van der Waals surface area contributed by atoms with Gasteiger partial charge in [0.05, 0.1) is 6.04 Å². The van der Waals surface area contributed by atoms with Crippen LogP contribution < -0.4 is 26.2 Å². The summed E-state index contributed by atoms with van der Waals surface area (Å²) in [6, 6.07) is 0.862. The van der Waals surface area contributed by atoms with Gasteiger partial charge in [0.25, 0.3) is 0 Å². The molecule has 3 heterocycles. The van der Waals surface area contributed by atoms with Crippen LogP contribution in [0.2, 0.25) is 0 Å². The normalized spacial score (nSPS) is 20.9. The first kappa shape index (κ1) is 42.9. The third kappa shape index (κ3) is 15.2. The summed E-state index contributed by atoms with van der Waals surface area (Å²) in [4.78, 5) is 18.6. The van der Waals surface area contributed by atoms with Crippen molar-refractivity contribution in [1.82, 2.24) is 30.9 Å². The van der Waals surface area contributed by atoms with Gasteiger partial charge in [-0.15, -0.1) is 0 Å². The van der Waals surface area contributed by atoms with E-state index in [9.17, 15) is 0 Å². The van der Waals surface area contributed by atoms with Gasteiger partial charge in [0.1, 0.15) is 0 Å². The molecule has 50 heavy (non-hydrogen) atoms. The second-order valence-electron chi connectivity index (χ2n) is 18.8. The summed E-state index contributed by atoms with van der Waals surface area (Å²) in [6.45, 7) is 27.6. The molecular weight excluding hydrogens is 617 g/mol. The van der Waals surface area contributed by atoms with E-state index in [1.54, 1.807) is 0 Å². The highest BCUT2D eigenvalue weighted by atomic mass is 15.3. The summed E-state index contributed by atoms with van der Waals surface area (Å²) in [6.07, 6.45) is 23.1. The number of hydrogen-bond donors (Lipinski definition) is 4. The van der Waals surface area contributed by atoms with E-state index >= 15 is 0 Å². The van der Waals surface area contributed by atoms with Crippen molar-refractivity contribution in [1.29, 1.82) is 0 Å². The average Bonchev–Trinajstić information content (AvgIpc) is 2.98. The number of aromatic nitrogens is 3. The van der Waals surface area contributed by atoms with Crippen LogP contribution in [0.4, 0.5) is 11.9 Å². The molecule has 2 aliphatic heterocycles. The molecule has 0 radical (unpaired) electrons. The van der Waals surface area contributed by atoms with Crippen LogP contribution in [0, 0.1) is 0 Å². The molecule has 1 unspecified atom stereocenters. The van der Waals surface area contributed by atoms with Gasteiger partial charge in [-0.2, -0.15) is 15.0 Å². The first-order valence-electron chi connectivity index (χ1n) is 21.2. The van der Waals surface area contributed by atoms with E-state index in [1.165, 1.54) is 77.0 Å². The third-order valence-corrected chi connectivity index (χ3v) is 10.9. The fourth-order valence-corrected chi connectivity index (χ4v) is 9.26. The molecule has 8 nitrogen and oxygen atoms in total. The van der Waals surface area contributed by atoms with Crippen LogP contribution in [-0.4, -0.2) is 62.3 Å². The van der Waals surface area contributed by atoms with E-state index in [4.69, 9.17) is 15.0 Å².